The summed E-state index contributed by atoms with van der Waals surface area (Å²) in [6.07, 6.45) is 0.413. The van der Waals surface area contributed by atoms with Crippen LogP contribution < -0.4 is 10.5 Å². The molecule has 0 saturated heterocycles. The Hall–Kier alpha value is -3.27. The lowest BCUT2D eigenvalue weighted by Crippen LogP contribution is -2.48. The molecule has 0 saturated carbocycles. The van der Waals surface area contributed by atoms with Gasteiger partial charge in [-0.2, -0.15) is 0 Å². The number of fused-ring (bicyclic) bond motifs is 3. The fourth-order valence-corrected chi connectivity index (χ4v) is 3.62. The SMILES string of the molecule is Cn1c2ccccc2c2ccc(OC(C)(Cc3ccccc3)C(N)=O)cc21. The lowest BCUT2D eigenvalue weighted by atomic mass is 9.95. The molecule has 1 amide bonds. The highest BCUT2D eigenvalue weighted by Gasteiger charge is 2.34. The van der Waals surface area contributed by atoms with Crippen LogP contribution in [0.25, 0.3) is 21.8 Å². The number of aryl methyl sites for hydroxylation is 1. The van der Waals surface area contributed by atoms with Crippen molar-refractivity contribution >= 4 is 27.7 Å². The molecule has 2 N–H and O–H groups in total. The van der Waals surface area contributed by atoms with Gasteiger partial charge in [0.1, 0.15) is 5.75 Å². The van der Waals surface area contributed by atoms with Crippen LogP contribution in [0.2, 0.25) is 0 Å². The summed E-state index contributed by atoms with van der Waals surface area (Å²) in [5.41, 5.74) is 7.79. The standard InChI is InChI=1S/C23H22N2O2/c1-23(22(24)26,15-16-8-4-3-5-9-16)27-17-12-13-19-18-10-6-7-11-20(18)25(2)21(19)14-17/h3-14H,15H2,1-2H3,(H2,24,26). The lowest BCUT2D eigenvalue weighted by molar-refractivity contribution is -0.132. The van der Waals surface area contributed by atoms with Gasteiger partial charge in [0.25, 0.3) is 5.91 Å². The Kier molecular flexibility index (Phi) is 4.11. The predicted octanol–water partition coefficient (Wildman–Crippen LogP) is 4.20. The third-order valence-corrected chi connectivity index (χ3v) is 5.13. The molecule has 136 valence electrons. The van der Waals surface area contributed by atoms with Gasteiger partial charge in [0, 0.05) is 35.8 Å². The minimum Gasteiger partial charge on any atom is -0.477 e. The van der Waals surface area contributed by atoms with E-state index < -0.39 is 11.5 Å². The second-order valence-electron chi connectivity index (χ2n) is 7.11. The van der Waals surface area contributed by atoms with Crippen molar-refractivity contribution in [3.8, 4) is 5.75 Å². The summed E-state index contributed by atoms with van der Waals surface area (Å²) in [5, 5.41) is 2.35. The number of nitrogens with zero attached hydrogens (tertiary/aromatic N) is 1. The summed E-state index contributed by atoms with van der Waals surface area (Å²) in [7, 11) is 2.03. The van der Waals surface area contributed by atoms with Crippen LogP contribution in [0.15, 0.2) is 72.8 Å². The third-order valence-electron chi connectivity index (χ3n) is 5.13. The highest BCUT2D eigenvalue weighted by Crippen LogP contribution is 2.32. The van der Waals surface area contributed by atoms with Gasteiger partial charge < -0.3 is 15.0 Å². The summed E-state index contributed by atoms with van der Waals surface area (Å²) in [6.45, 7) is 1.74. The minimum atomic E-state index is -1.13. The Labute approximate surface area is 158 Å². The van der Waals surface area contributed by atoms with Gasteiger partial charge >= 0.3 is 0 Å². The molecular weight excluding hydrogens is 336 g/mol. The first-order valence-electron chi connectivity index (χ1n) is 8.98. The first-order chi connectivity index (χ1) is 13.0. The summed E-state index contributed by atoms with van der Waals surface area (Å²) in [5.74, 6) is 0.147. The van der Waals surface area contributed by atoms with E-state index in [1.807, 2.05) is 67.7 Å². The number of benzene rings is 3. The summed E-state index contributed by atoms with van der Waals surface area (Å²) < 4.78 is 8.27. The van der Waals surface area contributed by atoms with Crippen molar-refractivity contribution in [1.82, 2.24) is 4.57 Å². The van der Waals surface area contributed by atoms with E-state index in [-0.39, 0.29) is 0 Å². The number of primary amides is 1. The third kappa shape index (κ3) is 3.04. The molecule has 0 aliphatic carbocycles. The van der Waals surface area contributed by atoms with Gasteiger partial charge in [-0.3, -0.25) is 4.79 Å². The number of carbonyl (C=O) groups is 1. The molecule has 0 aliphatic rings. The number of amides is 1. The van der Waals surface area contributed by atoms with E-state index in [4.69, 9.17) is 10.5 Å². The number of nitrogens with two attached hydrogens (primary N) is 1. The van der Waals surface area contributed by atoms with Gasteiger partial charge in [0.05, 0.1) is 5.52 Å². The van der Waals surface area contributed by atoms with Crippen LogP contribution in [0.3, 0.4) is 0 Å². The van der Waals surface area contributed by atoms with Crippen molar-refractivity contribution < 1.29 is 9.53 Å². The monoisotopic (exact) mass is 358 g/mol. The summed E-state index contributed by atoms with van der Waals surface area (Å²) in [4.78, 5) is 12.2. The zero-order chi connectivity index (χ0) is 19.0. The second kappa shape index (κ2) is 6.47. The molecule has 1 aromatic heterocycles. The molecular formula is C23H22N2O2. The van der Waals surface area contributed by atoms with Crippen molar-refractivity contribution in [1.29, 1.82) is 0 Å². The van der Waals surface area contributed by atoms with E-state index in [0.29, 0.717) is 12.2 Å². The summed E-state index contributed by atoms with van der Waals surface area (Å²) >= 11 is 0. The Balaban J connectivity index is 1.73. The molecule has 4 nitrogen and oxygen atoms in total. The maximum Gasteiger partial charge on any atom is 0.261 e. The Morgan fingerprint density at radius 2 is 1.63 bits per heavy atom. The van der Waals surface area contributed by atoms with Gasteiger partial charge in [0.2, 0.25) is 0 Å². The molecule has 27 heavy (non-hydrogen) atoms. The molecule has 1 unspecified atom stereocenters. The largest absolute Gasteiger partial charge is 0.477 e. The van der Waals surface area contributed by atoms with E-state index in [1.54, 1.807) is 6.92 Å². The van der Waals surface area contributed by atoms with Crippen molar-refractivity contribution in [3.05, 3.63) is 78.4 Å². The van der Waals surface area contributed by atoms with Gasteiger partial charge in [0.15, 0.2) is 5.60 Å². The second-order valence-corrected chi connectivity index (χ2v) is 7.11. The Bertz CT molecular complexity index is 1130. The van der Waals surface area contributed by atoms with E-state index in [2.05, 4.69) is 16.7 Å². The van der Waals surface area contributed by atoms with Crippen molar-refractivity contribution in [2.24, 2.45) is 12.8 Å². The molecule has 4 rings (SSSR count). The normalized spacial score (nSPS) is 13.6. The number of hydrogen-bond donors (Lipinski definition) is 1. The van der Waals surface area contributed by atoms with Crippen LogP contribution >= 0.6 is 0 Å². The van der Waals surface area contributed by atoms with E-state index >= 15 is 0 Å². The average Bonchev–Trinajstić information content (AvgIpc) is 2.95. The molecule has 0 bridgehead atoms. The van der Waals surface area contributed by atoms with E-state index in [9.17, 15) is 4.79 Å². The highest BCUT2D eigenvalue weighted by molar-refractivity contribution is 6.08. The van der Waals surface area contributed by atoms with Crippen LogP contribution in [0, 0.1) is 0 Å². The fourth-order valence-electron chi connectivity index (χ4n) is 3.62. The predicted molar refractivity (Wildman–Crippen MR) is 109 cm³/mol. The smallest absolute Gasteiger partial charge is 0.261 e. The zero-order valence-electron chi connectivity index (χ0n) is 15.5. The molecule has 4 heteroatoms. The maximum absolute atomic E-state index is 12.2. The topological polar surface area (TPSA) is 57.2 Å². The molecule has 0 radical (unpaired) electrons. The van der Waals surface area contributed by atoms with Crippen molar-refractivity contribution in [2.45, 2.75) is 18.9 Å². The fraction of sp³-hybridized carbons (Fsp3) is 0.174. The van der Waals surface area contributed by atoms with Gasteiger partial charge in [-0.15, -0.1) is 0 Å². The molecule has 3 aromatic carbocycles. The summed E-state index contributed by atoms with van der Waals surface area (Å²) in [6, 6.07) is 24.0. The number of rotatable bonds is 5. The molecule has 1 heterocycles. The van der Waals surface area contributed by atoms with Gasteiger partial charge in [-0.05, 0) is 30.7 Å². The number of ether oxygens (including phenoxy) is 1. The molecule has 0 fully saturated rings. The van der Waals surface area contributed by atoms with Gasteiger partial charge in [-0.25, -0.2) is 0 Å². The quantitative estimate of drug-likeness (QED) is 0.581. The van der Waals surface area contributed by atoms with Crippen molar-refractivity contribution in [3.63, 3.8) is 0 Å². The van der Waals surface area contributed by atoms with E-state index in [1.165, 1.54) is 5.39 Å². The van der Waals surface area contributed by atoms with E-state index in [0.717, 1.165) is 22.0 Å². The van der Waals surface area contributed by atoms with Crippen molar-refractivity contribution in [2.75, 3.05) is 0 Å². The van der Waals surface area contributed by atoms with Crippen LogP contribution in [0.4, 0.5) is 0 Å². The molecule has 0 aliphatic heterocycles. The number of hydrogen-bond acceptors (Lipinski definition) is 2. The highest BCUT2D eigenvalue weighted by atomic mass is 16.5. The van der Waals surface area contributed by atoms with Crippen LogP contribution in [0.1, 0.15) is 12.5 Å². The molecule has 4 aromatic rings. The zero-order valence-corrected chi connectivity index (χ0v) is 15.5. The molecule has 1 atom stereocenters. The number of aromatic nitrogens is 1. The Morgan fingerprint density at radius 1 is 0.963 bits per heavy atom. The Morgan fingerprint density at radius 3 is 2.37 bits per heavy atom. The molecule has 0 spiro atoms. The van der Waals surface area contributed by atoms with Crippen LogP contribution in [-0.4, -0.2) is 16.1 Å². The lowest BCUT2D eigenvalue weighted by Gasteiger charge is -2.27. The minimum absolute atomic E-state index is 0.413. The first kappa shape index (κ1) is 17.2. The van der Waals surface area contributed by atoms with Crippen LogP contribution in [0.5, 0.6) is 5.75 Å². The van der Waals surface area contributed by atoms with Gasteiger partial charge in [-0.1, -0.05) is 48.5 Å². The first-order valence-corrected chi connectivity index (χ1v) is 8.98. The average molecular weight is 358 g/mol. The van der Waals surface area contributed by atoms with Crippen LogP contribution in [-0.2, 0) is 18.3 Å². The maximum atomic E-state index is 12.2. The number of carbonyl (C=O) groups excluding carboxylic acids is 1. The number of para-hydroxylation sites is 1.